The topological polar surface area (TPSA) is 78.9 Å². The first kappa shape index (κ1) is 21.6. The molecule has 5 rings (SSSR count). The van der Waals surface area contributed by atoms with Gasteiger partial charge < -0.3 is 29.5 Å². The van der Waals surface area contributed by atoms with Gasteiger partial charge in [-0.1, -0.05) is 0 Å². The van der Waals surface area contributed by atoms with E-state index < -0.39 is 0 Å². The summed E-state index contributed by atoms with van der Waals surface area (Å²) in [5.41, 5.74) is 0.751. The summed E-state index contributed by atoms with van der Waals surface area (Å²) in [7, 11) is 2.18. The number of pyridine rings is 1. The maximum absolute atomic E-state index is 5.93. The smallest absolute Gasteiger partial charge is 0.229 e. The van der Waals surface area contributed by atoms with Crippen LogP contribution in [0, 0.1) is 0 Å². The van der Waals surface area contributed by atoms with Gasteiger partial charge in [0.25, 0.3) is 0 Å². The van der Waals surface area contributed by atoms with Crippen molar-refractivity contribution in [1.82, 2.24) is 19.9 Å². The maximum atomic E-state index is 5.93. The van der Waals surface area contributed by atoms with Crippen molar-refractivity contribution < 1.29 is 9.47 Å². The monoisotopic (exact) mass is 441 g/mol. The highest BCUT2D eigenvalue weighted by molar-refractivity contribution is 5.89. The number of piperidine rings is 1. The molecule has 3 saturated heterocycles. The normalized spacial score (nSPS) is 26.0. The molecule has 3 fully saturated rings. The minimum absolute atomic E-state index is 0.148. The number of nitrogens with zero attached hydrogens (tertiary/aromatic N) is 6. The van der Waals surface area contributed by atoms with Crippen molar-refractivity contribution in [2.75, 3.05) is 74.6 Å². The highest BCUT2D eigenvalue weighted by atomic mass is 16.5. The van der Waals surface area contributed by atoms with E-state index in [-0.39, 0.29) is 12.2 Å². The molecule has 0 spiro atoms. The number of fused-ring (bicyclic) bond motifs is 1. The van der Waals surface area contributed by atoms with Crippen LogP contribution >= 0.6 is 0 Å². The molecule has 0 bridgehead atoms. The van der Waals surface area contributed by atoms with Crippen LogP contribution in [0.3, 0.4) is 0 Å². The van der Waals surface area contributed by atoms with Gasteiger partial charge in [-0.15, -0.1) is 0 Å². The van der Waals surface area contributed by atoms with Crippen LogP contribution in [-0.2, 0) is 9.47 Å². The number of ether oxygens (including phenoxy) is 2. The molecule has 3 aliphatic rings. The highest BCUT2D eigenvalue weighted by Gasteiger charge is 2.27. The first-order chi connectivity index (χ1) is 15.5. The van der Waals surface area contributed by atoms with Crippen molar-refractivity contribution in [2.24, 2.45) is 0 Å². The Balaban J connectivity index is 1.48. The van der Waals surface area contributed by atoms with Crippen LogP contribution in [0.1, 0.15) is 26.7 Å². The molecule has 3 aliphatic heterocycles. The fourth-order valence-corrected chi connectivity index (χ4v) is 4.92. The summed E-state index contributed by atoms with van der Waals surface area (Å²) in [5.74, 6) is 2.59. The second-order valence-electron chi connectivity index (χ2n) is 9.40. The summed E-state index contributed by atoms with van der Waals surface area (Å²) in [6.07, 6.45) is 2.56. The first-order valence-corrected chi connectivity index (χ1v) is 11.9. The predicted molar refractivity (Wildman–Crippen MR) is 127 cm³/mol. The van der Waals surface area contributed by atoms with Crippen LogP contribution in [0.4, 0.5) is 17.6 Å². The summed E-state index contributed by atoms with van der Waals surface area (Å²) >= 11 is 0. The van der Waals surface area contributed by atoms with Crippen molar-refractivity contribution in [2.45, 2.75) is 44.9 Å². The molecule has 2 aromatic rings. The Morgan fingerprint density at radius 2 is 1.62 bits per heavy atom. The van der Waals surface area contributed by atoms with Crippen LogP contribution in [0.2, 0.25) is 0 Å². The molecule has 32 heavy (non-hydrogen) atoms. The molecule has 2 aromatic heterocycles. The summed E-state index contributed by atoms with van der Waals surface area (Å²) in [4.78, 5) is 21.8. The van der Waals surface area contributed by atoms with Crippen molar-refractivity contribution in [3.63, 3.8) is 0 Å². The molecule has 5 heterocycles. The first-order valence-electron chi connectivity index (χ1n) is 11.9. The van der Waals surface area contributed by atoms with Gasteiger partial charge in [0.15, 0.2) is 5.65 Å². The minimum atomic E-state index is 0.148. The van der Waals surface area contributed by atoms with Gasteiger partial charge in [-0.2, -0.15) is 9.97 Å². The average Bonchev–Trinajstić information content (AvgIpc) is 2.79. The Morgan fingerprint density at radius 1 is 0.906 bits per heavy atom. The minimum Gasteiger partial charge on any atom is -0.378 e. The van der Waals surface area contributed by atoms with E-state index in [2.05, 4.69) is 53.0 Å². The molecule has 0 saturated carbocycles. The molecule has 0 aromatic carbocycles. The van der Waals surface area contributed by atoms with E-state index in [1.807, 2.05) is 0 Å². The Hall–Kier alpha value is -2.23. The van der Waals surface area contributed by atoms with Crippen LogP contribution in [0.5, 0.6) is 0 Å². The van der Waals surface area contributed by atoms with Gasteiger partial charge in [-0.25, -0.2) is 4.98 Å². The number of hydrogen-bond acceptors (Lipinski definition) is 9. The molecule has 9 nitrogen and oxygen atoms in total. The Kier molecular flexibility index (Phi) is 6.30. The zero-order valence-electron chi connectivity index (χ0n) is 19.5. The molecule has 9 heteroatoms. The summed E-state index contributed by atoms with van der Waals surface area (Å²) in [6, 6.07) is 4.66. The van der Waals surface area contributed by atoms with Gasteiger partial charge in [-0.05, 0) is 59.0 Å². The van der Waals surface area contributed by atoms with E-state index in [4.69, 9.17) is 24.4 Å². The SMILES string of the molecule is CC1CN(c2nc(N3CCOCC3)c3ccc(NC4CCN(C)CC4)nc3n2)CC(C)O1. The van der Waals surface area contributed by atoms with E-state index in [1.54, 1.807) is 0 Å². The largest absolute Gasteiger partial charge is 0.378 e. The second kappa shape index (κ2) is 9.33. The fourth-order valence-electron chi connectivity index (χ4n) is 4.92. The Morgan fingerprint density at radius 3 is 2.34 bits per heavy atom. The number of anilines is 3. The number of rotatable bonds is 4. The molecule has 0 aliphatic carbocycles. The lowest BCUT2D eigenvalue weighted by atomic mass is 10.1. The lowest BCUT2D eigenvalue weighted by molar-refractivity contribution is -0.00570. The lowest BCUT2D eigenvalue weighted by Gasteiger charge is -2.36. The van der Waals surface area contributed by atoms with E-state index >= 15 is 0 Å². The maximum Gasteiger partial charge on any atom is 0.229 e. The molecule has 2 unspecified atom stereocenters. The van der Waals surface area contributed by atoms with Gasteiger partial charge in [0.05, 0.1) is 30.8 Å². The van der Waals surface area contributed by atoms with Crippen LogP contribution in [0.25, 0.3) is 11.0 Å². The summed E-state index contributed by atoms with van der Waals surface area (Å²) in [5, 5.41) is 4.64. The molecular weight excluding hydrogens is 406 g/mol. The van der Waals surface area contributed by atoms with Crippen LogP contribution in [-0.4, -0.2) is 97.6 Å². The quantitative estimate of drug-likeness (QED) is 0.766. The third-order valence-electron chi connectivity index (χ3n) is 6.61. The van der Waals surface area contributed by atoms with E-state index in [0.29, 0.717) is 6.04 Å². The third-order valence-corrected chi connectivity index (χ3v) is 6.61. The summed E-state index contributed by atoms with van der Waals surface area (Å²) < 4.78 is 11.5. The standard InChI is InChI=1S/C23H35N7O2/c1-16-14-30(15-17(2)32-16)23-26-21-19(22(27-23)29-10-12-31-13-11-29)4-5-20(25-21)24-18-6-8-28(3)9-7-18/h4-5,16-18H,6-15H2,1-3H3,(H,24,25,26,27). The van der Waals surface area contributed by atoms with Crippen LogP contribution in [0.15, 0.2) is 12.1 Å². The molecule has 2 atom stereocenters. The lowest BCUT2D eigenvalue weighted by Crippen LogP contribution is -2.46. The number of morpholine rings is 2. The third kappa shape index (κ3) is 4.74. The average molecular weight is 442 g/mol. The van der Waals surface area contributed by atoms with Gasteiger partial charge >= 0.3 is 0 Å². The molecule has 0 radical (unpaired) electrons. The number of likely N-dealkylation sites (tertiary alicyclic amines) is 1. The van der Waals surface area contributed by atoms with Crippen molar-refractivity contribution in [3.8, 4) is 0 Å². The second-order valence-corrected chi connectivity index (χ2v) is 9.40. The highest BCUT2D eigenvalue weighted by Crippen LogP contribution is 2.29. The fraction of sp³-hybridized carbons (Fsp3) is 0.696. The number of nitrogens with one attached hydrogen (secondary N) is 1. The number of hydrogen-bond donors (Lipinski definition) is 1. The zero-order chi connectivity index (χ0) is 22.1. The molecular formula is C23H35N7O2. The van der Waals surface area contributed by atoms with E-state index in [9.17, 15) is 0 Å². The van der Waals surface area contributed by atoms with Gasteiger partial charge in [0.1, 0.15) is 11.6 Å². The van der Waals surface area contributed by atoms with Gasteiger partial charge in [-0.3, -0.25) is 0 Å². The van der Waals surface area contributed by atoms with Crippen molar-refractivity contribution >= 4 is 28.6 Å². The molecule has 174 valence electrons. The van der Waals surface area contributed by atoms with Crippen molar-refractivity contribution in [3.05, 3.63) is 12.1 Å². The van der Waals surface area contributed by atoms with E-state index in [1.165, 1.54) is 0 Å². The number of aromatic nitrogens is 3. The van der Waals surface area contributed by atoms with Gasteiger partial charge in [0, 0.05) is 32.2 Å². The Labute approximate surface area is 190 Å². The summed E-state index contributed by atoms with van der Waals surface area (Å²) in [6.45, 7) is 11.1. The molecule has 0 amide bonds. The molecule has 1 N–H and O–H groups in total. The predicted octanol–water partition coefficient (Wildman–Crippen LogP) is 1.98. The Bertz CT molecular complexity index is 918. The van der Waals surface area contributed by atoms with Crippen LogP contribution < -0.4 is 15.1 Å². The van der Waals surface area contributed by atoms with Gasteiger partial charge in [0.2, 0.25) is 5.95 Å². The zero-order valence-corrected chi connectivity index (χ0v) is 19.5. The van der Waals surface area contributed by atoms with Crippen molar-refractivity contribution in [1.29, 1.82) is 0 Å². The van der Waals surface area contributed by atoms with E-state index in [0.717, 1.165) is 93.9 Å².